The Balaban J connectivity index is 2.29. The Morgan fingerprint density at radius 2 is 2.40 bits per heavy atom. The lowest BCUT2D eigenvalue weighted by Crippen LogP contribution is -2.40. The molecule has 0 aliphatic carbocycles. The van der Waals surface area contributed by atoms with Crippen molar-refractivity contribution in [3.63, 3.8) is 0 Å². The first-order valence-corrected chi connectivity index (χ1v) is 4.64. The SMILES string of the molecule is CNN(C)[C@@H]1CO[C@H](I)C1. The van der Waals surface area contributed by atoms with Crippen molar-refractivity contribution in [1.29, 1.82) is 0 Å². The second-order valence-corrected chi connectivity index (χ2v) is 3.86. The van der Waals surface area contributed by atoms with E-state index in [1.54, 1.807) is 0 Å². The van der Waals surface area contributed by atoms with Gasteiger partial charge in [0.2, 0.25) is 0 Å². The van der Waals surface area contributed by atoms with E-state index in [0.717, 1.165) is 13.0 Å². The third kappa shape index (κ3) is 2.05. The maximum absolute atomic E-state index is 5.39. The molecule has 3 nitrogen and oxygen atoms in total. The maximum atomic E-state index is 5.39. The number of hydrazine groups is 1. The van der Waals surface area contributed by atoms with Crippen LogP contribution in [0, 0.1) is 0 Å². The van der Waals surface area contributed by atoms with E-state index in [0.29, 0.717) is 10.2 Å². The van der Waals surface area contributed by atoms with Gasteiger partial charge in [0.25, 0.3) is 0 Å². The summed E-state index contributed by atoms with van der Waals surface area (Å²) in [6, 6.07) is 0.548. The summed E-state index contributed by atoms with van der Waals surface area (Å²) in [6.45, 7) is 0.852. The van der Waals surface area contributed by atoms with Crippen molar-refractivity contribution in [3.05, 3.63) is 0 Å². The summed E-state index contributed by atoms with van der Waals surface area (Å²) < 4.78 is 5.79. The van der Waals surface area contributed by atoms with Gasteiger partial charge in [-0.2, -0.15) is 0 Å². The molecule has 0 saturated carbocycles. The van der Waals surface area contributed by atoms with Crippen molar-refractivity contribution < 1.29 is 4.74 Å². The fourth-order valence-electron chi connectivity index (χ4n) is 1.02. The van der Waals surface area contributed by atoms with Gasteiger partial charge in [-0.1, -0.05) is 22.6 Å². The molecule has 1 saturated heterocycles. The largest absolute Gasteiger partial charge is 0.366 e. The minimum Gasteiger partial charge on any atom is -0.366 e. The van der Waals surface area contributed by atoms with Crippen LogP contribution in [0.5, 0.6) is 0 Å². The summed E-state index contributed by atoms with van der Waals surface area (Å²) in [7, 11) is 3.98. The topological polar surface area (TPSA) is 24.5 Å². The van der Waals surface area contributed by atoms with E-state index in [-0.39, 0.29) is 0 Å². The number of likely N-dealkylation sites (N-methyl/N-ethyl adjacent to an activating group) is 1. The lowest BCUT2D eigenvalue weighted by atomic mass is 10.3. The van der Waals surface area contributed by atoms with Gasteiger partial charge in [-0.3, -0.25) is 5.43 Å². The van der Waals surface area contributed by atoms with Gasteiger partial charge in [-0.05, 0) is 7.05 Å². The van der Waals surface area contributed by atoms with Crippen molar-refractivity contribution in [2.24, 2.45) is 0 Å². The predicted octanol–water partition coefficient (Wildman–Crippen LogP) is 0.603. The van der Waals surface area contributed by atoms with Crippen LogP contribution in [0.2, 0.25) is 0 Å². The van der Waals surface area contributed by atoms with Gasteiger partial charge < -0.3 is 4.74 Å². The molecule has 0 bridgehead atoms. The van der Waals surface area contributed by atoms with Crippen LogP contribution < -0.4 is 5.43 Å². The first kappa shape index (κ1) is 8.70. The highest BCUT2D eigenvalue weighted by atomic mass is 127. The molecule has 1 aliphatic heterocycles. The molecule has 0 unspecified atom stereocenters. The van der Waals surface area contributed by atoms with Crippen molar-refractivity contribution in [3.8, 4) is 0 Å². The van der Waals surface area contributed by atoms with Gasteiger partial charge in [0.1, 0.15) is 4.11 Å². The average molecular weight is 256 g/mol. The molecule has 0 spiro atoms. The van der Waals surface area contributed by atoms with Crippen LogP contribution in [-0.4, -0.2) is 35.9 Å². The van der Waals surface area contributed by atoms with E-state index >= 15 is 0 Å². The van der Waals surface area contributed by atoms with Crippen LogP contribution in [-0.2, 0) is 4.74 Å². The molecule has 0 radical (unpaired) electrons. The Morgan fingerprint density at radius 3 is 2.80 bits per heavy atom. The van der Waals surface area contributed by atoms with Gasteiger partial charge in [0.05, 0.1) is 12.6 Å². The van der Waals surface area contributed by atoms with Crippen molar-refractivity contribution in [2.75, 3.05) is 20.7 Å². The normalized spacial score (nSPS) is 33.6. The molecule has 0 aromatic carbocycles. The van der Waals surface area contributed by atoms with E-state index in [1.807, 2.05) is 14.1 Å². The number of hydrogen-bond acceptors (Lipinski definition) is 3. The van der Waals surface area contributed by atoms with Crippen molar-refractivity contribution in [2.45, 2.75) is 16.6 Å². The third-order valence-electron chi connectivity index (χ3n) is 1.83. The van der Waals surface area contributed by atoms with Gasteiger partial charge in [-0.25, -0.2) is 5.01 Å². The molecular formula is C6H13IN2O. The molecule has 1 N–H and O–H groups in total. The highest BCUT2D eigenvalue weighted by Crippen LogP contribution is 2.20. The number of alkyl halides is 1. The summed E-state index contributed by atoms with van der Waals surface area (Å²) in [5.74, 6) is 0. The first-order valence-electron chi connectivity index (χ1n) is 3.40. The first-order chi connectivity index (χ1) is 4.74. The fourth-order valence-corrected chi connectivity index (χ4v) is 1.81. The van der Waals surface area contributed by atoms with Crippen LogP contribution in [0.1, 0.15) is 6.42 Å². The molecule has 2 atom stereocenters. The smallest absolute Gasteiger partial charge is 0.110 e. The Bertz CT molecular complexity index is 112. The van der Waals surface area contributed by atoms with E-state index in [2.05, 4.69) is 33.0 Å². The average Bonchev–Trinajstić information content (AvgIpc) is 2.34. The molecule has 0 aromatic rings. The number of nitrogens with one attached hydrogen (secondary N) is 1. The molecule has 10 heavy (non-hydrogen) atoms. The zero-order valence-electron chi connectivity index (χ0n) is 6.30. The number of halogens is 1. The summed E-state index contributed by atoms with van der Waals surface area (Å²) in [6.07, 6.45) is 1.12. The Hall–Kier alpha value is 0.610. The third-order valence-corrected chi connectivity index (χ3v) is 2.70. The molecule has 1 fully saturated rings. The van der Waals surface area contributed by atoms with Crippen LogP contribution in [0.3, 0.4) is 0 Å². The summed E-state index contributed by atoms with van der Waals surface area (Å²) in [5, 5.41) is 2.10. The number of rotatable bonds is 2. The van der Waals surface area contributed by atoms with Gasteiger partial charge >= 0.3 is 0 Å². The molecule has 1 aliphatic rings. The monoisotopic (exact) mass is 256 g/mol. The fraction of sp³-hybridized carbons (Fsp3) is 1.00. The summed E-state index contributed by atoms with van der Waals surface area (Å²) >= 11 is 2.32. The zero-order valence-corrected chi connectivity index (χ0v) is 8.46. The minimum atomic E-state index is 0.401. The van der Waals surface area contributed by atoms with Crippen molar-refractivity contribution >= 4 is 22.6 Å². The van der Waals surface area contributed by atoms with Crippen LogP contribution in [0.15, 0.2) is 0 Å². The molecule has 60 valence electrons. The highest BCUT2D eigenvalue weighted by molar-refractivity contribution is 14.1. The lowest BCUT2D eigenvalue weighted by molar-refractivity contribution is 0.131. The maximum Gasteiger partial charge on any atom is 0.110 e. The molecule has 0 amide bonds. The summed E-state index contributed by atoms with van der Waals surface area (Å²) in [5.41, 5.74) is 3.08. The Kier molecular flexibility index (Phi) is 3.35. The molecule has 1 heterocycles. The Morgan fingerprint density at radius 1 is 1.70 bits per heavy atom. The highest BCUT2D eigenvalue weighted by Gasteiger charge is 2.25. The second kappa shape index (κ2) is 3.85. The van der Waals surface area contributed by atoms with E-state index in [1.165, 1.54) is 0 Å². The molecule has 0 aromatic heterocycles. The number of ether oxygens (including phenoxy) is 1. The molecule has 1 rings (SSSR count). The zero-order chi connectivity index (χ0) is 7.56. The quantitative estimate of drug-likeness (QED) is 0.445. The van der Waals surface area contributed by atoms with Gasteiger partial charge in [0.15, 0.2) is 0 Å². The van der Waals surface area contributed by atoms with Gasteiger partial charge in [0, 0.05) is 13.5 Å². The standard InChI is InChI=1S/C6H13IN2O/c1-8-9(2)5-3-6(7)10-4-5/h5-6,8H,3-4H2,1-2H3/t5-,6-/m0/s1. The summed E-state index contributed by atoms with van der Waals surface area (Å²) in [4.78, 5) is 0. The van der Waals surface area contributed by atoms with Crippen molar-refractivity contribution in [1.82, 2.24) is 10.4 Å². The number of nitrogens with zero attached hydrogens (tertiary/aromatic N) is 1. The van der Waals surface area contributed by atoms with Crippen LogP contribution in [0.25, 0.3) is 0 Å². The molecule has 4 heteroatoms. The Labute approximate surface area is 75.2 Å². The van der Waals surface area contributed by atoms with Gasteiger partial charge in [-0.15, -0.1) is 0 Å². The molecular weight excluding hydrogens is 243 g/mol. The second-order valence-electron chi connectivity index (χ2n) is 2.47. The van der Waals surface area contributed by atoms with E-state index < -0.39 is 0 Å². The van der Waals surface area contributed by atoms with Crippen LogP contribution >= 0.6 is 22.6 Å². The van der Waals surface area contributed by atoms with Crippen LogP contribution in [0.4, 0.5) is 0 Å². The lowest BCUT2D eigenvalue weighted by Gasteiger charge is -2.20. The number of hydrogen-bond donors (Lipinski definition) is 1. The van der Waals surface area contributed by atoms with E-state index in [9.17, 15) is 0 Å². The minimum absolute atomic E-state index is 0.401. The van der Waals surface area contributed by atoms with E-state index in [4.69, 9.17) is 4.74 Å². The predicted molar refractivity (Wildman–Crippen MR) is 49.0 cm³/mol.